The van der Waals surface area contributed by atoms with Gasteiger partial charge in [-0.3, -0.25) is 4.79 Å². The van der Waals surface area contributed by atoms with Crippen molar-refractivity contribution in [3.05, 3.63) is 27.7 Å². The summed E-state index contributed by atoms with van der Waals surface area (Å²) in [5, 5.41) is 0.930. The molecular formula is C14H21Cl3N2OS. The molecule has 3 nitrogen and oxygen atoms in total. The topological polar surface area (TPSA) is 46.3 Å². The predicted octanol–water partition coefficient (Wildman–Crippen LogP) is 4.19. The summed E-state index contributed by atoms with van der Waals surface area (Å²) in [4.78, 5) is 15.0. The van der Waals surface area contributed by atoms with Crippen LogP contribution < -0.4 is 5.73 Å². The van der Waals surface area contributed by atoms with Gasteiger partial charge in [-0.05, 0) is 30.3 Å². The Hall–Kier alpha value is -0.130. The maximum atomic E-state index is 12.5. The van der Waals surface area contributed by atoms with Crippen molar-refractivity contribution in [2.75, 3.05) is 26.4 Å². The van der Waals surface area contributed by atoms with Gasteiger partial charge in [-0.25, -0.2) is 0 Å². The first-order chi connectivity index (χ1) is 9.21. The lowest BCUT2D eigenvalue weighted by molar-refractivity contribution is 0.0740. The molecule has 0 fully saturated rings. The molecule has 0 unspecified atom stereocenters. The molecule has 0 aliphatic rings. The van der Waals surface area contributed by atoms with E-state index < -0.39 is 0 Å². The third-order valence-corrected chi connectivity index (χ3v) is 4.55. The van der Waals surface area contributed by atoms with Crippen LogP contribution in [0.3, 0.4) is 0 Å². The van der Waals surface area contributed by atoms with Crippen molar-refractivity contribution >= 4 is 53.3 Å². The van der Waals surface area contributed by atoms with Gasteiger partial charge in [0.1, 0.15) is 0 Å². The summed E-state index contributed by atoms with van der Waals surface area (Å²) >= 11 is 13.7. The minimum Gasteiger partial charge on any atom is -0.341 e. The molecule has 1 aromatic rings. The molecule has 7 heteroatoms. The second-order valence-electron chi connectivity index (χ2n) is 5.50. The number of carbonyl (C=O) groups excluding carboxylic acids is 1. The van der Waals surface area contributed by atoms with Gasteiger partial charge in [-0.1, -0.05) is 37.0 Å². The first kappa shape index (κ1) is 20.9. The van der Waals surface area contributed by atoms with Crippen LogP contribution in [0.25, 0.3) is 0 Å². The lowest BCUT2D eigenvalue weighted by atomic mass is 9.93. The van der Waals surface area contributed by atoms with Gasteiger partial charge in [-0.15, -0.1) is 24.2 Å². The Balaban J connectivity index is 0.00000400. The van der Waals surface area contributed by atoms with Crippen LogP contribution in [0.4, 0.5) is 0 Å². The Kier molecular flexibility index (Phi) is 8.44. The summed E-state index contributed by atoms with van der Waals surface area (Å²) in [7, 11) is 1.75. The van der Waals surface area contributed by atoms with Crippen LogP contribution in [-0.4, -0.2) is 37.2 Å². The molecule has 1 amide bonds. The number of hydrogen-bond donors (Lipinski definition) is 1. The van der Waals surface area contributed by atoms with E-state index in [-0.39, 0.29) is 23.7 Å². The molecule has 21 heavy (non-hydrogen) atoms. The highest BCUT2D eigenvalue weighted by Gasteiger charge is 2.23. The number of amides is 1. The van der Waals surface area contributed by atoms with E-state index in [0.717, 1.165) is 4.90 Å². The number of carbonyl (C=O) groups is 1. The van der Waals surface area contributed by atoms with Crippen LogP contribution in [0.1, 0.15) is 24.2 Å². The molecule has 0 radical (unpaired) electrons. The van der Waals surface area contributed by atoms with Crippen LogP contribution >= 0.6 is 47.4 Å². The standard InChI is InChI=1S/C14H20Cl2N2OS.ClH/c1-14(2,7-17)8-18(3)13(19)9-5-12(20-4)11(16)6-10(9)15;/h5-6H,7-8,17H2,1-4H3;1H. The summed E-state index contributed by atoms with van der Waals surface area (Å²) in [6.07, 6.45) is 1.91. The summed E-state index contributed by atoms with van der Waals surface area (Å²) < 4.78 is 0. The summed E-state index contributed by atoms with van der Waals surface area (Å²) in [5.41, 5.74) is 6.04. The molecule has 1 aromatic carbocycles. The molecule has 120 valence electrons. The molecule has 0 atom stereocenters. The summed E-state index contributed by atoms with van der Waals surface area (Å²) in [6.45, 7) is 5.12. The monoisotopic (exact) mass is 370 g/mol. The average molecular weight is 372 g/mol. The van der Waals surface area contributed by atoms with Gasteiger partial charge in [0.2, 0.25) is 0 Å². The van der Waals surface area contributed by atoms with Crippen LogP contribution in [-0.2, 0) is 0 Å². The Labute approximate surface area is 146 Å². The number of thioether (sulfide) groups is 1. The van der Waals surface area contributed by atoms with E-state index in [1.165, 1.54) is 11.8 Å². The van der Waals surface area contributed by atoms with Crippen LogP contribution in [0.5, 0.6) is 0 Å². The maximum absolute atomic E-state index is 12.5. The van der Waals surface area contributed by atoms with Gasteiger partial charge in [0.05, 0.1) is 15.6 Å². The van der Waals surface area contributed by atoms with E-state index in [1.807, 2.05) is 20.1 Å². The first-order valence-corrected chi connectivity index (χ1v) is 8.18. The SMILES string of the molecule is CSc1cc(C(=O)N(C)CC(C)(C)CN)c(Cl)cc1Cl.Cl. The molecular weight excluding hydrogens is 351 g/mol. The summed E-state index contributed by atoms with van der Waals surface area (Å²) in [6, 6.07) is 3.35. The maximum Gasteiger partial charge on any atom is 0.255 e. The van der Waals surface area contributed by atoms with Crippen molar-refractivity contribution < 1.29 is 4.79 Å². The largest absolute Gasteiger partial charge is 0.341 e. The molecule has 0 aromatic heterocycles. The Morgan fingerprint density at radius 2 is 1.90 bits per heavy atom. The zero-order valence-corrected chi connectivity index (χ0v) is 15.7. The van der Waals surface area contributed by atoms with E-state index in [4.69, 9.17) is 28.9 Å². The molecule has 0 heterocycles. The first-order valence-electron chi connectivity index (χ1n) is 6.20. The van der Waals surface area contributed by atoms with Crippen LogP contribution in [0.15, 0.2) is 17.0 Å². The van der Waals surface area contributed by atoms with E-state index in [0.29, 0.717) is 28.7 Å². The Morgan fingerprint density at radius 1 is 1.33 bits per heavy atom. The van der Waals surface area contributed by atoms with Crippen LogP contribution in [0, 0.1) is 5.41 Å². The molecule has 0 bridgehead atoms. The lowest BCUT2D eigenvalue weighted by Crippen LogP contribution is -2.39. The van der Waals surface area contributed by atoms with Crippen molar-refractivity contribution in [3.8, 4) is 0 Å². The van der Waals surface area contributed by atoms with Crippen molar-refractivity contribution in [2.45, 2.75) is 18.7 Å². The quantitative estimate of drug-likeness (QED) is 0.789. The Morgan fingerprint density at radius 3 is 2.38 bits per heavy atom. The lowest BCUT2D eigenvalue weighted by Gasteiger charge is -2.29. The second kappa shape index (κ2) is 8.49. The van der Waals surface area contributed by atoms with E-state index in [1.54, 1.807) is 24.1 Å². The normalized spacial score (nSPS) is 11.0. The van der Waals surface area contributed by atoms with Gasteiger partial charge in [0.15, 0.2) is 0 Å². The van der Waals surface area contributed by atoms with Gasteiger partial charge >= 0.3 is 0 Å². The van der Waals surface area contributed by atoms with Crippen molar-refractivity contribution in [1.82, 2.24) is 4.90 Å². The predicted molar refractivity (Wildman–Crippen MR) is 95.3 cm³/mol. The zero-order valence-electron chi connectivity index (χ0n) is 12.6. The highest BCUT2D eigenvalue weighted by atomic mass is 35.5. The minimum atomic E-state index is -0.133. The van der Waals surface area contributed by atoms with Crippen LogP contribution in [0.2, 0.25) is 10.0 Å². The molecule has 0 saturated heterocycles. The number of nitrogens with two attached hydrogens (primary N) is 1. The van der Waals surface area contributed by atoms with Gasteiger partial charge in [0.25, 0.3) is 5.91 Å². The average Bonchev–Trinajstić information content (AvgIpc) is 2.37. The van der Waals surface area contributed by atoms with Crippen molar-refractivity contribution in [2.24, 2.45) is 11.1 Å². The van der Waals surface area contributed by atoms with Gasteiger partial charge in [0, 0.05) is 18.5 Å². The molecule has 1 rings (SSSR count). The highest BCUT2D eigenvalue weighted by molar-refractivity contribution is 7.98. The fraction of sp³-hybridized carbons (Fsp3) is 0.500. The van der Waals surface area contributed by atoms with Gasteiger partial charge in [-0.2, -0.15) is 0 Å². The smallest absolute Gasteiger partial charge is 0.255 e. The van der Waals surface area contributed by atoms with E-state index in [2.05, 4.69) is 0 Å². The minimum absolute atomic E-state index is 0. The van der Waals surface area contributed by atoms with Gasteiger partial charge < -0.3 is 10.6 Å². The fourth-order valence-electron chi connectivity index (χ4n) is 1.83. The van der Waals surface area contributed by atoms with Crippen molar-refractivity contribution in [3.63, 3.8) is 0 Å². The number of hydrogen-bond acceptors (Lipinski definition) is 3. The molecule has 2 N–H and O–H groups in total. The third-order valence-electron chi connectivity index (χ3n) is 3.04. The molecule has 0 saturated carbocycles. The highest BCUT2D eigenvalue weighted by Crippen LogP contribution is 2.32. The third kappa shape index (κ3) is 5.53. The molecule has 0 spiro atoms. The molecule has 0 aliphatic carbocycles. The summed E-state index contributed by atoms with van der Waals surface area (Å²) in [5.74, 6) is -0.122. The Bertz CT molecular complexity index is 509. The number of nitrogens with zero attached hydrogens (tertiary/aromatic N) is 1. The number of rotatable bonds is 5. The van der Waals surface area contributed by atoms with E-state index >= 15 is 0 Å². The number of benzene rings is 1. The second-order valence-corrected chi connectivity index (χ2v) is 7.16. The fourth-order valence-corrected chi connectivity index (χ4v) is 3.02. The number of halogens is 3. The van der Waals surface area contributed by atoms with E-state index in [9.17, 15) is 4.79 Å². The molecule has 0 aliphatic heterocycles. The zero-order chi connectivity index (χ0) is 15.5. The van der Waals surface area contributed by atoms with Crippen molar-refractivity contribution in [1.29, 1.82) is 0 Å².